The van der Waals surface area contributed by atoms with Crippen LogP contribution in [0.15, 0.2) is 17.5 Å². The molecule has 0 radical (unpaired) electrons. The second kappa shape index (κ2) is 5.30. The normalized spacial score (nSPS) is 22.1. The summed E-state index contributed by atoms with van der Waals surface area (Å²) >= 11 is 1.51. The summed E-state index contributed by atoms with van der Waals surface area (Å²) in [5.41, 5.74) is 0.756. The molecule has 1 aromatic rings. The van der Waals surface area contributed by atoms with E-state index in [2.05, 4.69) is 10.3 Å². The molecule has 0 saturated carbocycles. The van der Waals surface area contributed by atoms with Gasteiger partial charge < -0.3 is 10.4 Å². The van der Waals surface area contributed by atoms with E-state index in [0.717, 1.165) is 10.7 Å². The molecule has 18 heavy (non-hydrogen) atoms. The summed E-state index contributed by atoms with van der Waals surface area (Å²) in [6.45, 7) is 1.89. The van der Waals surface area contributed by atoms with Gasteiger partial charge in [-0.2, -0.15) is 0 Å². The third kappa shape index (κ3) is 3.16. The monoisotopic (exact) mass is 266 g/mol. The summed E-state index contributed by atoms with van der Waals surface area (Å²) in [4.78, 5) is 26.7. The molecule has 2 rings (SSSR count). The Hall–Kier alpha value is -1.69. The summed E-state index contributed by atoms with van der Waals surface area (Å²) in [6, 6.07) is -0.182. The minimum absolute atomic E-state index is 0.124. The van der Waals surface area contributed by atoms with E-state index in [-0.39, 0.29) is 18.4 Å². The molecule has 0 fully saturated rings. The number of aliphatic carboxylic acids is 1. The number of carboxylic acids is 1. The standard InChI is InChI=1S/C12H14N2O3S/c1-7-13-10(6-18-7)5-11(15)14-9-3-2-8(4-9)12(16)17/h2-3,6,8-9H,4-5H2,1H3,(H,14,15)(H,16,17). The van der Waals surface area contributed by atoms with E-state index >= 15 is 0 Å². The van der Waals surface area contributed by atoms with Crippen LogP contribution < -0.4 is 5.32 Å². The molecule has 0 aromatic carbocycles. The number of aryl methyl sites for hydroxylation is 1. The first-order valence-electron chi connectivity index (χ1n) is 5.66. The van der Waals surface area contributed by atoms with Crippen molar-refractivity contribution in [2.24, 2.45) is 5.92 Å². The smallest absolute Gasteiger partial charge is 0.310 e. The van der Waals surface area contributed by atoms with Crippen molar-refractivity contribution in [1.29, 1.82) is 0 Å². The van der Waals surface area contributed by atoms with Crippen LogP contribution in [-0.2, 0) is 16.0 Å². The molecule has 0 saturated heterocycles. The first-order valence-corrected chi connectivity index (χ1v) is 6.54. The Labute approximate surface area is 109 Å². The number of aromatic nitrogens is 1. The average Bonchev–Trinajstić information content (AvgIpc) is 2.88. The highest BCUT2D eigenvalue weighted by Crippen LogP contribution is 2.18. The van der Waals surface area contributed by atoms with Crippen molar-refractivity contribution in [2.45, 2.75) is 25.8 Å². The minimum atomic E-state index is -0.849. The number of hydrogen-bond acceptors (Lipinski definition) is 4. The maximum Gasteiger partial charge on any atom is 0.310 e. The molecule has 96 valence electrons. The van der Waals surface area contributed by atoms with E-state index in [1.807, 2.05) is 12.3 Å². The fourth-order valence-corrected chi connectivity index (χ4v) is 2.51. The molecule has 2 unspecified atom stereocenters. The lowest BCUT2D eigenvalue weighted by Crippen LogP contribution is -2.34. The van der Waals surface area contributed by atoms with Gasteiger partial charge in [-0.05, 0) is 13.3 Å². The lowest BCUT2D eigenvalue weighted by atomic mass is 10.1. The second-order valence-electron chi connectivity index (χ2n) is 4.27. The van der Waals surface area contributed by atoms with Gasteiger partial charge in [-0.1, -0.05) is 12.2 Å². The topological polar surface area (TPSA) is 79.3 Å². The van der Waals surface area contributed by atoms with Crippen LogP contribution >= 0.6 is 11.3 Å². The predicted molar refractivity (Wildman–Crippen MR) is 67.4 cm³/mol. The number of amides is 1. The fraction of sp³-hybridized carbons (Fsp3) is 0.417. The molecule has 1 amide bonds. The highest BCUT2D eigenvalue weighted by molar-refractivity contribution is 7.09. The lowest BCUT2D eigenvalue weighted by molar-refractivity contribution is -0.140. The van der Waals surface area contributed by atoms with Crippen LogP contribution in [0.5, 0.6) is 0 Å². The van der Waals surface area contributed by atoms with Gasteiger partial charge in [-0.15, -0.1) is 11.3 Å². The summed E-state index contributed by atoms with van der Waals surface area (Å²) in [6.07, 6.45) is 4.03. The summed E-state index contributed by atoms with van der Waals surface area (Å²) in [5.74, 6) is -1.46. The zero-order valence-corrected chi connectivity index (χ0v) is 10.7. The first kappa shape index (κ1) is 12.8. The van der Waals surface area contributed by atoms with Crippen LogP contribution in [0.1, 0.15) is 17.1 Å². The van der Waals surface area contributed by atoms with Gasteiger partial charge in [0.25, 0.3) is 0 Å². The van der Waals surface area contributed by atoms with Crippen molar-refractivity contribution in [3.05, 3.63) is 28.2 Å². The maximum absolute atomic E-state index is 11.7. The predicted octanol–water partition coefficient (Wildman–Crippen LogP) is 1.14. The zero-order chi connectivity index (χ0) is 13.1. The van der Waals surface area contributed by atoms with Gasteiger partial charge in [-0.3, -0.25) is 9.59 Å². The molecule has 1 heterocycles. The number of rotatable bonds is 4. The molecule has 2 N–H and O–H groups in total. The molecule has 6 heteroatoms. The first-order chi connectivity index (χ1) is 8.54. The third-order valence-electron chi connectivity index (χ3n) is 2.76. The second-order valence-corrected chi connectivity index (χ2v) is 5.34. The van der Waals surface area contributed by atoms with Crippen LogP contribution in [0.2, 0.25) is 0 Å². The Morgan fingerprint density at radius 3 is 2.89 bits per heavy atom. The molecular formula is C12H14N2O3S. The van der Waals surface area contributed by atoms with Crippen molar-refractivity contribution < 1.29 is 14.7 Å². The Morgan fingerprint density at radius 1 is 1.56 bits per heavy atom. The number of nitrogens with one attached hydrogen (secondary N) is 1. The van der Waals surface area contributed by atoms with E-state index < -0.39 is 11.9 Å². The van der Waals surface area contributed by atoms with Crippen LogP contribution in [0.4, 0.5) is 0 Å². The van der Waals surface area contributed by atoms with Crippen LogP contribution in [-0.4, -0.2) is 28.0 Å². The van der Waals surface area contributed by atoms with Crippen molar-refractivity contribution in [3.63, 3.8) is 0 Å². The van der Waals surface area contributed by atoms with E-state index in [1.165, 1.54) is 11.3 Å². The molecule has 1 aliphatic rings. The van der Waals surface area contributed by atoms with Crippen molar-refractivity contribution in [2.75, 3.05) is 0 Å². The molecule has 0 bridgehead atoms. The van der Waals surface area contributed by atoms with Crippen LogP contribution in [0.3, 0.4) is 0 Å². The van der Waals surface area contributed by atoms with Gasteiger partial charge >= 0.3 is 5.97 Å². The van der Waals surface area contributed by atoms with Gasteiger partial charge in [0.1, 0.15) is 0 Å². The van der Waals surface area contributed by atoms with Crippen molar-refractivity contribution in [3.8, 4) is 0 Å². The molecule has 0 spiro atoms. The van der Waals surface area contributed by atoms with Crippen molar-refractivity contribution in [1.82, 2.24) is 10.3 Å². The molecule has 1 aliphatic carbocycles. The van der Waals surface area contributed by atoms with E-state index in [9.17, 15) is 9.59 Å². The average molecular weight is 266 g/mol. The zero-order valence-electron chi connectivity index (χ0n) is 9.92. The fourth-order valence-electron chi connectivity index (χ4n) is 1.90. The number of nitrogens with zero attached hydrogens (tertiary/aromatic N) is 1. The molecule has 5 nitrogen and oxygen atoms in total. The van der Waals surface area contributed by atoms with Gasteiger partial charge in [0.05, 0.1) is 23.0 Å². The molecule has 0 aliphatic heterocycles. The highest BCUT2D eigenvalue weighted by atomic mass is 32.1. The molecule has 1 aromatic heterocycles. The number of thiazole rings is 1. The van der Waals surface area contributed by atoms with Gasteiger partial charge in [0.15, 0.2) is 0 Å². The Balaban J connectivity index is 1.82. The maximum atomic E-state index is 11.7. The number of hydrogen-bond donors (Lipinski definition) is 2. The summed E-state index contributed by atoms with van der Waals surface area (Å²) < 4.78 is 0. The molecule has 2 atom stereocenters. The largest absolute Gasteiger partial charge is 0.481 e. The van der Waals surface area contributed by atoms with Gasteiger partial charge in [0, 0.05) is 11.4 Å². The van der Waals surface area contributed by atoms with Crippen LogP contribution in [0.25, 0.3) is 0 Å². The Morgan fingerprint density at radius 2 is 2.33 bits per heavy atom. The van der Waals surface area contributed by atoms with E-state index in [1.54, 1.807) is 12.2 Å². The number of carbonyl (C=O) groups excluding carboxylic acids is 1. The Kier molecular flexibility index (Phi) is 3.76. The summed E-state index contributed by atoms with van der Waals surface area (Å²) in [7, 11) is 0. The SMILES string of the molecule is Cc1nc(CC(=O)NC2C=CC(C(=O)O)C2)cs1. The van der Waals surface area contributed by atoms with E-state index in [0.29, 0.717) is 6.42 Å². The van der Waals surface area contributed by atoms with E-state index in [4.69, 9.17) is 5.11 Å². The van der Waals surface area contributed by atoms with Crippen LogP contribution in [0, 0.1) is 12.8 Å². The van der Waals surface area contributed by atoms with Gasteiger partial charge in [-0.25, -0.2) is 4.98 Å². The summed E-state index contributed by atoms with van der Waals surface area (Å²) in [5, 5.41) is 14.4. The lowest BCUT2D eigenvalue weighted by Gasteiger charge is -2.11. The third-order valence-corrected chi connectivity index (χ3v) is 3.58. The minimum Gasteiger partial charge on any atom is -0.481 e. The van der Waals surface area contributed by atoms with Gasteiger partial charge in [0.2, 0.25) is 5.91 Å². The Bertz CT molecular complexity index is 495. The molecular weight excluding hydrogens is 252 g/mol. The highest BCUT2D eigenvalue weighted by Gasteiger charge is 2.25. The number of carbonyl (C=O) groups is 2. The number of carboxylic acid groups (broad SMARTS) is 1. The quantitative estimate of drug-likeness (QED) is 0.801. The van der Waals surface area contributed by atoms with Crippen molar-refractivity contribution >= 4 is 23.2 Å².